The summed E-state index contributed by atoms with van der Waals surface area (Å²) in [5, 5.41) is 24.7. The molecule has 5 nitrogen and oxygen atoms in total. The SMILES string of the molecule is CCC1(NC[C@H](O)[C@H](Cc2ccccc2)N(C(=O)O)C(C)(C)C)CCCCC1. The van der Waals surface area contributed by atoms with Crippen LogP contribution in [0.5, 0.6) is 0 Å². The van der Waals surface area contributed by atoms with Gasteiger partial charge in [-0.05, 0) is 52.0 Å². The predicted octanol–water partition coefficient (Wildman–Crippen LogP) is 4.44. The number of carbonyl (C=O) groups is 1. The van der Waals surface area contributed by atoms with Crippen molar-refractivity contribution in [1.29, 1.82) is 0 Å². The molecule has 0 spiro atoms. The van der Waals surface area contributed by atoms with E-state index in [2.05, 4.69) is 12.2 Å². The molecular weight excluding hydrogens is 352 g/mol. The molecule has 0 radical (unpaired) electrons. The third-order valence-corrected chi connectivity index (χ3v) is 6.17. The van der Waals surface area contributed by atoms with Gasteiger partial charge >= 0.3 is 6.09 Å². The molecule has 1 aromatic rings. The normalized spacial score (nSPS) is 19.0. The third-order valence-electron chi connectivity index (χ3n) is 6.17. The molecule has 1 fully saturated rings. The molecule has 1 aliphatic rings. The average molecular weight is 391 g/mol. The van der Waals surface area contributed by atoms with Crippen molar-refractivity contribution >= 4 is 6.09 Å². The van der Waals surface area contributed by atoms with Crippen molar-refractivity contribution in [3.05, 3.63) is 35.9 Å². The number of rotatable bonds is 8. The fraction of sp³-hybridized carbons (Fsp3) is 0.696. The first-order valence-corrected chi connectivity index (χ1v) is 10.7. The fourth-order valence-electron chi connectivity index (χ4n) is 4.52. The number of aliphatic hydroxyl groups is 1. The lowest BCUT2D eigenvalue weighted by molar-refractivity contribution is 0.00349. The minimum absolute atomic E-state index is 0.0757. The second-order valence-electron chi connectivity index (χ2n) is 9.22. The van der Waals surface area contributed by atoms with Crippen LogP contribution in [-0.4, -0.2) is 51.0 Å². The summed E-state index contributed by atoms with van der Waals surface area (Å²) in [4.78, 5) is 13.5. The summed E-state index contributed by atoms with van der Waals surface area (Å²) in [6, 6.07) is 9.32. The minimum Gasteiger partial charge on any atom is -0.465 e. The lowest BCUT2D eigenvalue weighted by atomic mass is 9.79. The molecule has 0 heterocycles. The summed E-state index contributed by atoms with van der Waals surface area (Å²) < 4.78 is 0. The molecule has 0 bridgehead atoms. The molecule has 158 valence electrons. The lowest BCUT2D eigenvalue weighted by Crippen LogP contribution is -2.59. The van der Waals surface area contributed by atoms with Crippen LogP contribution in [0.3, 0.4) is 0 Å². The van der Waals surface area contributed by atoms with Crippen LogP contribution >= 0.6 is 0 Å². The van der Waals surface area contributed by atoms with Crippen LogP contribution in [0.15, 0.2) is 30.3 Å². The van der Waals surface area contributed by atoms with E-state index in [1.54, 1.807) is 0 Å². The van der Waals surface area contributed by atoms with Gasteiger partial charge in [-0.15, -0.1) is 0 Å². The van der Waals surface area contributed by atoms with Gasteiger partial charge in [0.15, 0.2) is 0 Å². The number of hydrogen-bond acceptors (Lipinski definition) is 3. The Morgan fingerprint density at radius 3 is 2.29 bits per heavy atom. The topological polar surface area (TPSA) is 72.8 Å². The highest BCUT2D eigenvalue weighted by molar-refractivity contribution is 5.66. The zero-order valence-electron chi connectivity index (χ0n) is 17.9. The standard InChI is InChI=1S/C23H38N2O3/c1-5-23(14-10-7-11-15-23)24-17-20(26)19(16-18-12-8-6-9-13-18)25(21(27)28)22(2,3)4/h6,8-9,12-13,19-20,24,26H,5,7,10-11,14-17H2,1-4H3,(H,27,28)/t19-,20-/m0/s1. The molecule has 0 unspecified atom stereocenters. The van der Waals surface area contributed by atoms with Gasteiger partial charge in [-0.1, -0.05) is 56.5 Å². The van der Waals surface area contributed by atoms with E-state index in [4.69, 9.17) is 0 Å². The number of aliphatic hydroxyl groups excluding tert-OH is 1. The molecule has 2 rings (SSSR count). The van der Waals surface area contributed by atoms with Crippen LogP contribution in [0, 0.1) is 0 Å². The maximum absolute atomic E-state index is 12.1. The van der Waals surface area contributed by atoms with Crippen molar-refractivity contribution in [3.8, 4) is 0 Å². The zero-order chi connectivity index (χ0) is 20.8. The van der Waals surface area contributed by atoms with E-state index < -0.39 is 23.8 Å². The quantitative estimate of drug-likeness (QED) is 0.613. The first kappa shape index (κ1) is 22.7. The van der Waals surface area contributed by atoms with E-state index in [0.29, 0.717) is 13.0 Å². The Bertz CT molecular complexity index is 606. The van der Waals surface area contributed by atoms with E-state index in [1.165, 1.54) is 24.2 Å². The molecule has 3 N–H and O–H groups in total. The van der Waals surface area contributed by atoms with Crippen LogP contribution in [-0.2, 0) is 6.42 Å². The van der Waals surface area contributed by atoms with Crippen molar-refractivity contribution in [1.82, 2.24) is 10.2 Å². The number of benzene rings is 1. The zero-order valence-corrected chi connectivity index (χ0v) is 17.9. The Balaban J connectivity index is 2.20. The summed E-state index contributed by atoms with van der Waals surface area (Å²) in [6.45, 7) is 8.26. The molecule has 0 saturated heterocycles. The van der Waals surface area contributed by atoms with Crippen LogP contribution in [0.2, 0.25) is 0 Å². The first-order chi connectivity index (χ1) is 13.2. The smallest absolute Gasteiger partial charge is 0.408 e. The Morgan fingerprint density at radius 2 is 1.79 bits per heavy atom. The molecule has 0 aromatic heterocycles. The molecule has 1 amide bonds. The summed E-state index contributed by atoms with van der Waals surface area (Å²) in [6.07, 6.45) is 5.72. The highest BCUT2D eigenvalue weighted by atomic mass is 16.4. The summed E-state index contributed by atoms with van der Waals surface area (Å²) in [5.41, 5.74) is 0.510. The molecule has 1 saturated carbocycles. The van der Waals surface area contributed by atoms with Gasteiger partial charge in [0.2, 0.25) is 0 Å². The molecule has 5 heteroatoms. The van der Waals surface area contributed by atoms with E-state index in [0.717, 1.165) is 24.8 Å². The Kier molecular flexibility index (Phi) is 7.90. The molecule has 1 aromatic carbocycles. The molecule has 0 aliphatic heterocycles. The van der Waals surface area contributed by atoms with Gasteiger partial charge in [0.25, 0.3) is 0 Å². The first-order valence-electron chi connectivity index (χ1n) is 10.7. The van der Waals surface area contributed by atoms with Crippen LogP contribution < -0.4 is 5.32 Å². The highest BCUT2D eigenvalue weighted by Gasteiger charge is 2.38. The van der Waals surface area contributed by atoms with Gasteiger partial charge < -0.3 is 15.5 Å². The monoisotopic (exact) mass is 390 g/mol. The lowest BCUT2D eigenvalue weighted by Gasteiger charge is -2.43. The van der Waals surface area contributed by atoms with Crippen molar-refractivity contribution in [2.24, 2.45) is 0 Å². The summed E-state index contributed by atoms with van der Waals surface area (Å²) >= 11 is 0. The van der Waals surface area contributed by atoms with Crippen molar-refractivity contribution < 1.29 is 15.0 Å². The summed E-state index contributed by atoms with van der Waals surface area (Å²) in [5.74, 6) is 0. The van der Waals surface area contributed by atoms with Gasteiger partial charge in [0.05, 0.1) is 12.1 Å². The van der Waals surface area contributed by atoms with Gasteiger partial charge in [-0.3, -0.25) is 4.90 Å². The fourth-order valence-corrected chi connectivity index (χ4v) is 4.52. The number of nitrogens with one attached hydrogen (secondary N) is 1. The maximum Gasteiger partial charge on any atom is 0.408 e. The predicted molar refractivity (Wildman–Crippen MR) is 114 cm³/mol. The van der Waals surface area contributed by atoms with Crippen molar-refractivity contribution in [3.63, 3.8) is 0 Å². The van der Waals surface area contributed by atoms with Crippen molar-refractivity contribution in [2.75, 3.05) is 6.54 Å². The van der Waals surface area contributed by atoms with E-state index in [9.17, 15) is 15.0 Å². The average Bonchev–Trinajstić information content (AvgIpc) is 2.66. The number of β-amino-alcohol motifs (C(OH)–C–C–N with tert-alkyl or cyclic N) is 1. The Hall–Kier alpha value is -1.59. The van der Waals surface area contributed by atoms with Gasteiger partial charge in [-0.25, -0.2) is 4.79 Å². The van der Waals surface area contributed by atoms with Crippen LogP contribution in [0.25, 0.3) is 0 Å². The Morgan fingerprint density at radius 1 is 1.18 bits per heavy atom. The van der Waals surface area contributed by atoms with Gasteiger partial charge in [-0.2, -0.15) is 0 Å². The highest BCUT2D eigenvalue weighted by Crippen LogP contribution is 2.31. The number of carboxylic acid groups (broad SMARTS) is 1. The van der Waals surface area contributed by atoms with E-state index in [1.807, 2.05) is 51.1 Å². The third kappa shape index (κ3) is 5.95. The largest absolute Gasteiger partial charge is 0.465 e. The summed E-state index contributed by atoms with van der Waals surface area (Å²) in [7, 11) is 0. The van der Waals surface area contributed by atoms with Crippen LogP contribution in [0.4, 0.5) is 4.79 Å². The molecular formula is C23H38N2O3. The maximum atomic E-state index is 12.1. The molecule has 2 atom stereocenters. The second kappa shape index (κ2) is 9.75. The number of amides is 1. The Labute approximate surface area is 170 Å². The minimum atomic E-state index is -0.990. The van der Waals surface area contributed by atoms with E-state index in [-0.39, 0.29) is 5.54 Å². The van der Waals surface area contributed by atoms with Crippen LogP contribution in [0.1, 0.15) is 71.8 Å². The second-order valence-corrected chi connectivity index (χ2v) is 9.22. The molecule has 1 aliphatic carbocycles. The van der Waals surface area contributed by atoms with Crippen molar-refractivity contribution in [2.45, 2.75) is 95.9 Å². The number of hydrogen-bond donors (Lipinski definition) is 3. The van der Waals surface area contributed by atoms with Gasteiger partial charge in [0, 0.05) is 17.6 Å². The van der Waals surface area contributed by atoms with E-state index >= 15 is 0 Å². The number of nitrogens with zero attached hydrogens (tertiary/aromatic N) is 1. The molecule has 28 heavy (non-hydrogen) atoms. The van der Waals surface area contributed by atoms with Gasteiger partial charge in [0.1, 0.15) is 0 Å².